The van der Waals surface area contributed by atoms with Crippen LogP contribution >= 0.6 is 11.3 Å². The van der Waals surface area contributed by atoms with Crippen molar-refractivity contribution in [3.05, 3.63) is 76.5 Å². The van der Waals surface area contributed by atoms with E-state index in [1.807, 2.05) is 41.1 Å². The Kier molecular flexibility index (Phi) is 11.8. The number of nitrogens with one attached hydrogen (secondary N) is 1. The normalized spacial score (nSPS) is 11.9. The maximum atomic E-state index is 12.9. The Morgan fingerprint density at radius 3 is 2.25 bits per heavy atom. The fourth-order valence-corrected chi connectivity index (χ4v) is 4.31. The van der Waals surface area contributed by atoms with Crippen molar-refractivity contribution in [1.29, 1.82) is 0 Å². The van der Waals surface area contributed by atoms with Crippen LogP contribution in [0, 0.1) is 0 Å². The van der Waals surface area contributed by atoms with Crippen LogP contribution in [0.3, 0.4) is 0 Å². The van der Waals surface area contributed by atoms with E-state index in [4.69, 9.17) is 18.9 Å². The van der Waals surface area contributed by atoms with E-state index in [2.05, 4.69) is 5.32 Å². The maximum Gasteiger partial charge on any atom is 0.410 e. The van der Waals surface area contributed by atoms with Gasteiger partial charge in [-0.2, -0.15) is 11.3 Å². The van der Waals surface area contributed by atoms with E-state index in [0.29, 0.717) is 36.6 Å². The van der Waals surface area contributed by atoms with E-state index < -0.39 is 17.8 Å². The number of ether oxygens (including phenoxy) is 4. The van der Waals surface area contributed by atoms with Gasteiger partial charge in [0.1, 0.15) is 29.8 Å². The van der Waals surface area contributed by atoms with Crippen LogP contribution in [0.15, 0.2) is 65.4 Å². The number of anilines is 1. The highest BCUT2D eigenvalue weighted by atomic mass is 32.1. The number of carbonyl (C=O) groups is 2. The number of hydrogen-bond acceptors (Lipinski definition) is 8. The van der Waals surface area contributed by atoms with Crippen molar-refractivity contribution in [2.24, 2.45) is 0 Å². The number of benzene rings is 2. The lowest BCUT2D eigenvalue weighted by Gasteiger charge is -2.29. The molecule has 0 unspecified atom stereocenters. The van der Waals surface area contributed by atoms with Crippen LogP contribution in [-0.4, -0.2) is 67.3 Å². The largest absolute Gasteiger partial charge is 0.491 e. The summed E-state index contributed by atoms with van der Waals surface area (Å²) in [4.78, 5) is 26.6. The Bertz CT molecular complexity index is 1180. The summed E-state index contributed by atoms with van der Waals surface area (Å²) >= 11 is 1.56. The van der Waals surface area contributed by atoms with Crippen molar-refractivity contribution in [3.63, 3.8) is 0 Å². The standard InChI is InChI=1S/C30H38N2O7S/c1-30(2,3)39-29(35)32(18-25(33)19-37-26-9-11-27(12-10-26)38-21-36-4)15-13-22-5-7-24(8-6-22)31-28(34)17-23-14-16-40-20-23/h5-12,14,16,20,25,33H,13,15,17-19,21H2,1-4H3,(H,31,34)/t25-/m0/s1. The summed E-state index contributed by atoms with van der Waals surface area (Å²) in [6.45, 7) is 5.92. The summed E-state index contributed by atoms with van der Waals surface area (Å²) in [5.41, 5.74) is 2.00. The molecule has 216 valence electrons. The van der Waals surface area contributed by atoms with Gasteiger partial charge < -0.3 is 34.3 Å². The quantitative estimate of drug-likeness (QED) is 0.259. The first-order valence-corrected chi connectivity index (χ1v) is 14.0. The summed E-state index contributed by atoms with van der Waals surface area (Å²) in [6, 6.07) is 16.4. The molecule has 0 saturated carbocycles. The molecule has 0 fully saturated rings. The van der Waals surface area contributed by atoms with Gasteiger partial charge in [0.05, 0.1) is 13.0 Å². The van der Waals surface area contributed by atoms with Gasteiger partial charge in [-0.25, -0.2) is 4.79 Å². The smallest absolute Gasteiger partial charge is 0.410 e. The molecule has 2 amide bonds. The first kappa shape index (κ1) is 30.9. The molecule has 10 heteroatoms. The van der Waals surface area contributed by atoms with Crippen LogP contribution in [0.5, 0.6) is 11.5 Å². The Morgan fingerprint density at radius 2 is 1.65 bits per heavy atom. The number of nitrogens with zero attached hydrogens (tertiary/aromatic N) is 1. The average molecular weight is 571 g/mol. The molecule has 3 rings (SSSR count). The van der Waals surface area contributed by atoms with Crippen LogP contribution in [0.25, 0.3) is 0 Å². The number of aliphatic hydroxyl groups excluding tert-OH is 1. The van der Waals surface area contributed by atoms with E-state index in [9.17, 15) is 14.7 Å². The predicted octanol–water partition coefficient (Wildman–Crippen LogP) is 5.13. The Labute approximate surface area is 239 Å². The summed E-state index contributed by atoms with van der Waals surface area (Å²) < 4.78 is 21.5. The van der Waals surface area contributed by atoms with Crippen molar-refractivity contribution < 1.29 is 33.6 Å². The third-order valence-electron chi connectivity index (χ3n) is 5.55. The third-order valence-corrected chi connectivity index (χ3v) is 6.28. The minimum absolute atomic E-state index is 0.00263. The number of hydrogen-bond donors (Lipinski definition) is 2. The van der Waals surface area contributed by atoms with Gasteiger partial charge in [-0.15, -0.1) is 0 Å². The number of thiophene rings is 1. The molecular formula is C30H38N2O7S. The number of aliphatic hydroxyl groups is 1. The molecular weight excluding hydrogens is 532 g/mol. The van der Waals surface area contributed by atoms with Gasteiger partial charge in [-0.1, -0.05) is 12.1 Å². The molecule has 0 aliphatic heterocycles. The minimum atomic E-state index is -0.933. The van der Waals surface area contributed by atoms with Gasteiger partial charge >= 0.3 is 6.09 Å². The van der Waals surface area contributed by atoms with E-state index in [1.165, 1.54) is 4.90 Å². The fraction of sp³-hybridized carbons (Fsp3) is 0.400. The molecule has 1 atom stereocenters. The highest BCUT2D eigenvalue weighted by Crippen LogP contribution is 2.18. The molecule has 9 nitrogen and oxygen atoms in total. The van der Waals surface area contributed by atoms with Gasteiger partial charge in [-0.05, 0) is 91.5 Å². The molecule has 0 bridgehead atoms. The molecule has 0 aliphatic carbocycles. The zero-order valence-corrected chi connectivity index (χ0v) is 24.2. The lowest BCUT2D eigenvalue weighted by Crippen LogP contribution is -2.43. The first-order chi connectivity index (χ1) is 19.1. The summed E-state index contributed by atoms with van der Waals surface area (Å²) in [5, 5.41) is 17.5. The second kappa shape index (κ2) is 15.3. The molecule has 0 spiro atoms. The number of methoxy groups -OCH3 is 1. The summed E-state index contributed by atoms with van der Waals surface area (Å²) in [7, 11) is 1.55. The van der Waals surface area contributed by atoms with Crippen molar-refractivity contribution in [2.75, 3.05) is 38.9 Å². The van der Waals surface area contributed by atoms with Gasteiger partial charge in [0.15, 0.2) is 6.79 Å². The van der Waals surface area contributed by atoms with Crippen LogP contribution in [0.1, 0.15) is 31.9 Å². The molecule has 1 heterocycles. The van der Waals surface area contributed by atoms with Gasteiger partial charge in [-0.3, -0.25) is 4.79 Å². The monoisotopic (exact) mass is 570 g/mol. The van der Waals surface area contributed by atoms with E-state index in [1.54, 1.807) is 63.5 Å². The van der Waals surface area contributed by atoms with E-state index in [0.717, 1.165) is 11.1 Å². The van der Waals surface area contributed by atoms with Crippen molar-refractivity contribution in [3.8, 4) is 11.5 Å². The predicted molar refractivity (Wildman–Crippen MR) is 155 cm³/mol. The highest BCUT2D eigenvalue weighted by molar-refractivity contribution is 7.08. The van der Waals surface area contributed by atoms with Crippen molar-refractivity contribution in [2.45, 2.75) is 45.3 Å². The third kappa shape index (κ3) is 11.3. The van der Waals surface area contributed by atoms with Crippen LogP contribution < -0.4 is 14.8 Å². The van der Waals surface area contributed by atoms with Gasteiger partial charge in [0.25, 0.3) is 0 Å². The molecule has 0 aliphatic rings. The topological polar surface area (TPSA) is 107 Å². The summed E-state index contributed by atoms with van der Waals surface area (Å²) in [6.07, 6.45) is -0.573. The van der Waals surface area contributed by atoms with Gasteiger partial charge in [0.2, 0.25) is 5.91 Å². The zero-order valence-electron chi connectivity index (χ0n) is 23.4. The molecule has 3 aromatic rings. The maximum absolute atomic E-state index is 12.9. The molecule has 0 saturated heterocycles. The lowest BCUT2D eigenvalue weighted by molar-refractivity contribution is -0.115. The van der Waals surface area contributed by atoms with Gasteiger partial charge in [0, 0.05) is 19.3 Å². The second-order valence-corrected chi connectivity index (χ2v) is 11.0. The van der Waals surface area contributed by atoms with Crippen LogP contribution in [0.4, 0.5) is 10.5 Å². The number of rotatable bonds is 14. The van der Waals surface area contributed by atoms with Crippen molar-refractivity contribution >= 4 is 29.0 Å². The summed E-state index contributed by atoms with van der Waals surface area (Å²) in [5.74, 6) is 1.13. The number of carbonyl (C=O) groups excluding carboxylic acids is 2. The average Bonchev–Trinajstić information content (AvgIpc) is 3.42. The lowest BCUT2D eigenvalue weighted by atomic mass is 10.1. The minimum Gasteiger partial charge on any atom is -0.491 e. The van der Waals surface area contributed by atoms with E-state index >= 15 is 0 Å². The Morgan fingerprint density at radius 1 is 0.975 bits per heavy atom. The molecule has 1 aromatic heterocycles. The molecule has 2 aromatic carbocycles. The van der Waals surface area contributed by atoms with Crippen molar-refractivity contribution in [1.82, 2.24) is 4.90 Å². The Hall–Kier alpha value is -3.60. The number of amides is 2. The Balaban J connectivity index is 1.53. The SMILES string of the molecule is COCOc1ccc(OC[C@@H](O)CN(CCc2ccc(NC(=O)Cc3ccsc3)cc2)C(=O)OC(C)(C)C)cc1. The first-order valence-electron chi connectivity index (χ1n) is 13.0. The zero-order chi connectivity index (χ0) is 29.0. The highest BCUT2D eigenvalue weighted by Gasteiger charge is 2.24. The molecule has 40 heavy (non-hydrogen) atoms. The fourth-order valence-electron chi connectivity index (χ4n) is 3.64. The molecule has 0 radical (unpaired) electrons. The van der Waals surface area contributed by atoms with Crippen LogP contribution in [-0.2, 0) is 27.1 Å². The van der Waals surface area contributed by atoms with E-state index in [-0.39, 0.29) is 25.9 Å². The van der Waals surface area contributed by atoms with Crippen LogP contribution in [0.2, 0.25) is 0 Å². The molecule has 2 N–H and O–H groups in total. The second-order valence-electron chi connectivity index (χ2n) is 10.2.